The van der Waals surface area contributed by atoms with Crippen LogP contribution in [-0.2, 0) is 14.4 Å². The monoisotopic (exact) mass is 597 g/mol. The van der Waals surface area contributed by atoms with Crippen molar-refractivity contribution in [3.63, 3.8) is 0 Å². The zero-order chi connectivity index (χ0) is 31.6. The van der Waals surface area contributed by atoms with Gasteiger partial charge in [-0.3, -0.25) is 19.2 Å². The van der Waals surface area contributed by atoms with Crippen LogP contribution in [0.3, 0.4) is 0 Å². The first-order valence-corrected chi connectivity index (χ1v) is 14.5. The number of carbonyl (C=O) groups excluding carboxylic acids is 4. The summed E-state index contributed by atoms with van der Waals surface area (Å²) in [5, 5.41) is 2.91. The number of carbonyl (C=O) groups is 4. The number of amides is 4. The third-order valence-corrected chi connectivity index (χ3v) is 7.40. The van der Waals surface area contributed by atoms with Crippen molar-refractivity contribution < 1.29 is 23.9 Å². The zero-order valence-corrected chi connectivity index (χ0v) is 25.1. The minimum Gasteiger partial charge on any atom is -0.457 e. The number of para-hydroxylation sites is 1. The Bertz CT molecular complexity index is 1490. The second-order valence-corrected chi connectivity index (χ2v) is 10.9. The van der Waals surface area contributed by atoms with Gasteiger partial charge in [-0.05, 0) is 55.6 Å². The molecule has 3 aromatic rings. The van der Waals surface area contributed by atoms with Crippen LogP contribution in [0, 0.1) is 0 Å². The summed E-state index contributed by atoms with van der Waals surface area (Å²) < 4.78 is 6.09. The fraction of sp³-hybridized carbons (Fsp3) is 0.294. The topological polar surface area (TPSA) is 125 Å². The van der Waals surface area contributed by atoms with Crippen LogP contribution < -0.4 is 15.8 Å². The van der Waals surface area contributed by atoms with Crippen molar-refractivity contribution >= 4 is 23.6 Å². The van der Waals surface area contributed by atoms with Crippen molar-refractivity contribution in [2.75, 3.05) is 46.8 Å². The fourth-order valence-electron chi connectivity index (χ4n) is 5.34. The summed E-state index contributed by atoms with van der Waals surface area (Å²) in [7, 11) is 3.74. The van der Waals surface area contributed by atoms with Gasteiger partial charge >= 0.3 is 0 Å². The van der Waals surface area contributed by atoms with Gasteiger partial charge in [0.25, 0.3) is 5.91 Å². The van der Waals surface area contributed by atoms with E-state index >= 15 is 0 Å². The highest BCUT2D eigenvalue weighted by atomic mass is 16.5. The maximum absolute atomic E-state index is 14.1. The van der Waals surface area contributed by atoms with Crippen LogP contribution in [0.25, 0.3) is 0 Å². The van der Waals surface area contributed by atoms with Gasteiger partial charge in [-0.1, -0.05) is 54.6 Å². The van der Waals surface area contributed by atoms with E-state index in [-0.39, 0.29) is 43.8 Å². The van der Waals surface area contributed by atoms with E-state index in [2.05, 4.69) is 11.9 Å². The zero-order valence-electron chi connectivity index (χ0n) is 25.1. The maximum Gasteiger partial charge on any atom is 0.254 e. The molecule has 0 spiro atoms. The normalized spacial score (nSPS) is 15.8. The summed E-state index contributed by atoms with van der Waals surface area (Å²) in [6.45, 7) is 4.61. The van der Waals surface area contributed by atoms with Crippen molar-refractivity contribution in [1.29, 1.82) is 0 Å². The van der Waals surface area contributed by atoms with E-state index in [1.807, 2.05) is 73.6 Å². The van der Waals surface area contributed by atoms with Gasteiger partial charge in [-0.25, -0.2) is 0 Å². The molecule has 1 heterocycles. The molecule has 2 atom stereocenters. The van der Waals surface area contributed by atoms with Crippen LogP contribution in [0.15, 0.2) is 91.5 Å². The van der Waals surface area contributed by atoms with Crippen molar-refractivity contribution in [3.8, 4) is 11.5 Å². The van der Waals surface area contributed by atoms with Gasteiger partial charge in [0, 0.05) is 38.2 Å². The number of nitrogens with two attached hydrogens (primary N) is 1. The van der Waals surface area contributed by atoms with Crippen LogP contribution in [0.1, 0.15) is 39.9 Å². The van der Waals surface area contributed by atoms with E-state index in [1.54, 1.807) is 35.2 Å². The molecular formula is C34H39N5O5. The molecule has 0 saturated carbocycles. The van der Waals surface area contributed by atoms with E-state index < -0.39 is 17.9 Å². The Hall–Kier alpha value is -4.96. The van der Waals surface area contributed by atoms with Crippen LogP contribution in [-0.4, -0.2) is 85.1 Å². The van der Waals surface area contributed by atoms with E-state index in [0.717, 1.165) is 0 Å². The first kappa shape index (κ1) is 32.0. The van der Waals surface area contributed by atoms with Gasteiger partial charge in [0.2, 0.25) is 17.7 Å². The fourth-order valence-corrected chi connectivity index (χ4v) is 5.34. The Morgan fingerprint density at radius 2 is 1.68 bits per heavy atom. The number of likely N-dealkylation sites (N-methyl/N-ethyl adjacent to an activating group) is 1. The molecule has 0 aromatic heterocycles. The molecule has 4 amide bonds. The minimum atomic E-state index is -0.776. The molecule has 2 unspecified atom stereocenters. The van der Waals surface area contributed by atoms with E-state index in [9.17, 15) is 19.2 Å². The van der Waals surface area contributed by atoms with Crippen LogP contribution in [0.5, 0.6) is 11.5 Å². The standard InChI is InChI=1S/C34H39N5O5/c1-4-18-36-33(42)31-27-15-8-9-16-28(27)34(43)39(19-17-30(41)38(23-29(35)40)21-20-37(2)3)32(31)24-11-10-14-26(22-24)44-25-12-6-5-7-13-25/h4-16,22,31-32H,1,17-21,23H2,2-3H3,(H2,35,40)(H,36,42). The number of hydrogen-bond acceptors (Lipinski definition) is 6. The lowest BCUT2D eigenvalue weighted by Gasteiger charge is -2.42. The third-order valence-electron chi connectivity index (χ3n) is 7.40. The highest BCUT2D eigenvalue weighted by Gasteiger charge is 2.44. The van der Waals surface area contributed by atoms with Crippen molar-refractivity contribution in [2.24, 2.45) is 5.73 Å². The Balaban J connectivity index is 1.73. The first-order valence-electron chi connectivity index (χ1n) is 14.5. The number of benzene rings is 3. The minimum absolute atomic E-state index is 0.0168. The Labute approximate surface area is 258 Å². The number of primary amides is 1. The molecule has 10 heteroatoms. The second-order valence-electron chi connectivity index (χ2n) is 10.9. The van der Waals surface area contributed by atoms with Crippen molar-refractivity contribution in [3.05, 3.63) is 108 Å². The summed E-state index contributed by atoms with van der Waals surface area (Å²) in [6, 6.07) is 22.9. The van der Waals surface area contributed by atoms with Gasteiger partial charge in [0.1, 0.15) is 11.5 Å². The molecule has 1 aliphatic heterocycles. The number of nitrogens with one attached hydrogen (secondary N) is 1. The van der Waals surface area contributed by atoms with Crippen molar-refractivity contribution in [1.82, 2.24) is 20.0 Å². The molecular weight excluding hydrogens is 558 g/mol. The summed E-state index contributed by atoms with van der Waals surface area (Å²) in [5.41, 5.74) is 7.11. The highest BCUT2D eigenvalue weighted by molar-refractivity contribution is 6.01. The number of hydrogen-bond donors (Lipinski definition) is 2. The highest BCUT2D eigenvalue weighted by Crippen LogP contribution is 2.44. The number of ether oxygens (including phenoxy) is 1. The van der Waals surface area contributed by atoms with E-state index in [0.29, 0.717) is 41.3 Å². The van der Waals surface area contributed by atoms with Crippen LogP contribution in [0.2, 0.25) is 0 Å². The Morgan fingerprint density at radius 1 is 0.977 bits per heavy atom. The number of rotatable bonds is 14. The van der Waals surface area contributed by atoms with Crippen LogP contribution >= 0.6 is 0 Å². The Morgan fingerprint density at radius 3 is 2.39 bits per heavy atom. The summed E-state index contributed by atoms with van der Waals surface area (Å²) in [6.07, 6.45) is 1.53. The lowest BCUT2D eigenvalue weighted by Crippen LogP contribution is -2.49. The Kier molecular flexibility index (Phi) is 10.9. The largest absolute Gasteiger partial charge is 0.457 e. The predicted molar refractivity (Wildman–Crippen MR) is 168 cm³/mol. The quantitative estimate of drug-likeness (QED) is 0.275. The SMILES string of the molecule is C=CCNC(=O)C1c2ccccc2C(=O)N(CCC(=O)N(CCN(C)C)CC(N)=O)C1c1cccc(Oc2ccccc2)c1. The van der Waals surface area contributed by atoms with E-state index in [1.165, 1.54) is 4.90 Å². The molecule has 3 aromatic carbocycles. The first-order chi connectivity index (χ1) is 21.2. The van der Waals surface area contributed by atoms with Gasteiger partial charge in [-0.15, -0.1) is 6.58 Å². The smallest absolute Gasteiger partial charge is 0.254 e. The molecule has 0 bridgehead atoms. The van der Waals surface area contributed by atoms with Gasteiger partial charge in [0.15, 0.2) is 0 Å². The van der Waals surface area contributed by atoms with E-state index in [4.69, 9.17) is 10.5 Å². The van der Waals surface area contributed by atoms with Gasteiger partial charge in [-0.2, -0.15) is 0 Å². The molecule has 0 aliphatic carbocycles. The molecule has 3 N–H and O–H groups in total. The second kappa shape index (κ2) is 15.0. The number of nitrogens with zero attached hydrogens (tertiary/aromatic N) is 3. The summed E-state index contributed by atoms with van der Waals surface area (Å²) >= 11 is 0. The lowest BCUT2D eigenvalue weighted by molar-refractivity contribution is -0.135. The predicted octanol–water partition coefficient (Wildman–Crippen LogP) is 3.33. The molecule has 0 radical (unpaired) electrons. The lowest BCUT2D eigenvalue weighted by atomic mass is 9.79. The molecule has 0 saturated heterocycles. The molecule has 230 valence electrons. The average Bonchev–Trinajstić information content (AvgIpc) is 3.01. The molecule has 10 nitrogen and oxygen atoms in total. The summed E-state index contributed by atoms with van der Waals surface area (Å²) in [4.78, 5) is 57.9. The van der Waals surface area contributed by atoms with Crippen molar-refractivity contribution in [2.45, 2.75) is 18.4 Å². The van der Waals surface area contributed by atoms with Crippen LogP contribution in [0.4, 0.5) is 0 Å². The molecule has 44 heavy (non-hydrogen) atoms. The summed E-state index contributed by atoms with van der Waals surface area (Å²) in [5.74, 6) is -1.10. The van der Waals surface area contributed by atoms with Gasteiger partial charge in [0.05, 0.1) is 18.5 Å². The molecule has 1 aliphatic rings. The average molecular weight is 598 g/mol. The molecule has 4 rings (SSSR count). The maximum atomic E-state index is 14.1. The number of fused-ring (bicyclic) bond motifs is 1. The third kappa shape index (κ3) is 7.90. The molecule has 0 fully saturated rings. The van der Waals surface area contributed by atoms with Gasteiger partial charge < -0.3 is 30.5 Å².